The summed E-state index contributed by atoms with van der Waals surface area (Å²) in [6.45, 7) is 8.58. The molecule has 178 valence electrons. The number of aryl methyl sites for hydroxylation is 1. The van der Waals surface area contributed by atoms with Crippen LogP contribution in [0.1, 0.15) is 49.8 Å². The predicted molar refractivity (Wildman–Crippen MR) is 140 cm³/mol. The van der Waals surface area contributed by atoms with Gasteiger partial charge in [0.05, 0.1) is 11.4 Å². The molecule has 0 aromatic heterocycles. The van der Waals surface area contributed by atoms with E-state index < -0.39 is 4.87 Å². The van der Waals surface area contributed by atoms with Crippen LogP contribution in [0, 0.1) is 6.92 Å². The first-order chi connectivity index (χ1) is 16.7. The Kier molecular flexibility index (Phi) is 4.84. The smallest absolute Gasteiger partial charge is 0.269 e. The third-order valence-electron chi connectivity index (χ3n) is 7.35. The molecule has 0 radical (unpaired) electrons. The summed E-state index contributed by atoms with van der Waals surface area (Å²) < 4.78 is 5.95. The van der Waals surface area contributed by atoms with E-state index in [9.17, 15) is 9.59 Å². The minimum Gasteiger partial charge on any atom is -0.457 e. The summed E-state index contributed by atoms with van der Waals surface area (Å²) in [7, 11) is 0. The number of fused-ring (bicyclic) bond motifs is 1. The number of carbonyl (C=O) groups is 2. The van der Waals surface area contributed by atoms with Crippen molar-refractivity contribution in [2.24, 2.45) is 0 Å². The Morgan fingerprint density at radius 3 is 2.34 bits per heavy atom. The van der Waals surface area contributed by atoms with Crippen LogP contribution in [-0.2, 0) is 14.5 Å². The van der Waals surface area contributed by atoms with Gasteiger partial charge in [-0.2, -0.15) is 0 Å². The van der Waals surface area contributed by atoms with E-state index in [0.29, 0.717) is 17.4 Å². The van der Waals surface area contributed by atoms with Crippen molar-refractivity contribution in [2.45, 2.75) is 50.4 Å². The fourth-order valence-corrected chi connectivity index (χ4v) is 7.35. The molecule has 3 heterocycles. The minimum atomic E-state index is -1.09. The second-order valence-corrected chi connectivity index (χ2v) is 11.5. The van der Waals surface area contributed by atoms with E-state index >= 15 is 0 Å². The number of para-hydroxylation sites is 1. The maximum atomic E-state index is 14.4. The molecule has 0 unspecified atom stereocenters. The molecular formula is C29H28N2O3S. The van der Waals surface area contributed by atoms with Gasteiger partial charge in [0.15, 0.2) is 0 Å². The molecule has 2 atom stereocenters. The van der Waals surface area contributed by atoms with Gasteiger partial charge in [-0.3, -0.25) is 14.5 Å². The molecular weight excluding hydrogens is 456 g/mol. The van der Waals surface area contributed by atoms with Crippen molar-refractivity contribution in [2.75, 3.05) is 15.6 Å². The van der Waals surface area contributed by atoms with Crippen LogP contribution in [0.5, 0.6) is 11.5 Å². The van der Waals surface area contributed by atoms with E-state index in [1.165, 1.54) is 17.3 Å². The lowest BCUT2D eigenvalue weighted by molar-refractivity contribution is -0.124. The van der Waals surface area contributed by atoms with Gasteiger partial charge >= 0.3 is 0 Å². The number of amides is 2. The summed E-state index contributed by atoms with van der Waals surface area (Å²) in [5.41, 5.74) is 4.64. The first-order valence-electron chi connectivity index (χ1n) is 12.0. The highest BCUT2D eigenvalue weighted by atomic mass is 32.2. The average Bonchev–Trinajstić information content (AvgIpc) is 3.29. The van der Waals surface area contributed by atoms with Crippen LogP contribution in [0.15, 0.2) is 66.7 Å². The normalized spacial score (nSPS) is 24.3. The number of thioether (sulfide) groups is 1. The second kappa shape index (κ2) is 7.62. The standard InChI is InChI=1S/C29H28N2O3S/c1-18-14-23-19(2)16-28(3,4)31-26(23)24(15-18)29(27(31)33)30(25(32)17-35-29)20-10-12-22(13-11-20)34-21-8-6-5-7-9-21/h5-15,19H,16-17H2,1-4H3/t19-,29+/m1/s1. The summed E-state index contributed by atoms with van der Waals surface area (Å²) in [6, 6.07) is 21.4. The zero-order valence-electron chi connectivity index (χ0n) is 20.4. The molecule has 0 saturated carbocycles. The fourth-order valence-electron chi connectivity index (χ4n) is 6.03. The molecule has 3 aliphatic heterocycles. The van der Waals surface area contributed by atoms with Gasteiger partial charge in [0.2, 0.25) is 10.8 Å². The monoisotopic (exact) mass is 484 g/mol. The molecule has 3 aromatic rings. The lowest BCUT2D eigenvalue weighted by Crippen LogP contribution is -2.56. The average molecular weight is 485 g/mol. The Balaban J connectivity index is 1.47. The summed E-state index contributed by atoms with van der Waals surface area (Å²) in [5.74, 6) is 1.96. The SMILES string of the molecule is Cc1cc2c3c(c1)[C@]1(SCC(=O)N1c1ccc(Oc4ccccc4)cc1)C(=O)N3C(C)(C)C[C@H]2C. The Morgan fingerprint density at radius 1 is 0.943 bits per heavy atom. The van der Waals surface area contributed by atoms with Gasteiger partial charge < -0.3 is 9.64 Å². The van der Waals surface area contributed by atoms with Gasteiger partial charge in [0.1, 0.15) is 11.5 Å². The Hall–Kier alpha value is -3.25. The largest absolute Gasteiger partial charge is 0.457 e. The van der Waals surface area contributed by atoms with Crippen molar-refractivity contribution in [1.82, 2.24) is 0 Å². The highest BCUT2D eigenvalue weighted by Gasteiger charge is 2.64. The number of carbonyl (C=O) groups excluding carboxylic acids is 2. The molecule has 0 N–H and O–H groups in total. The van der Waals surface area contributed by atoms with E-state index in [4.69, 9.17) is 4.74 Å². The highest BCUT2D eigenvalue weighted by Crippen LogP contribution is 2.61. The topological polar surface area (TPSA) is 49.9 Å². The Labute approximate surface area is 210 Å². The molecule has 2 amide bonds. The minimum absolute atomic E-state index is 0.0169. The van der Waals surface area contributed by atoms with Crippen LogP contribution in [0.2, 0.25) is 0 Å². The van der Waals surface area contributed by atoms with Crippen molar-refractivity contribution in [3.63, 3.8) is 0 Å². The lowest BCUT2D eigenvalue weighted by atomic mass is 9.80. The van der Waals surface area contributed by atoms with Crippen LogP contribution in [0.3, 0.4) is 0 Å². The van der Waals surface area contributed by atoms with Gasteiger partial charge in [-0.05, 0) is 75.1 Å². The molecule has 0 aliphatic carbocycles. The summed E-state index contributed by atoms with van der Waals surface area (Å²) in [6.07, 6.45) is 0.884. The molecule has 6 heteroatoms. The van der Waals surface area contributed by atoms with Gasteiger partial charge in [-0.25, -0.2) is 0 Å². The van der Waals surface area contributed by atoms with E-state index in [1.807, 2.05) is 59.5 Å². The van der Waals surface area contributed by atoms with Gasteiger partial charge in [-0.15, -0.1) is 11.8 Å². The molecule has 3 aliphatic rings. The third kappa shape index (κ3) is 3.16. The van der Waals surface area contributed by atoms with E-state index in [0.717, 1.165) is 29.0 Å². The van der Waals surface area contributed by atoms with E-state index in [2.05, 4.69) is 39.8 Å². The highest BCUT2D eigenvalue weighted by molar-refractivity contribution is 8.02. The zero-order chi connectivity index (χ0) is 24.5. The van der Waals surface area contributed by atoms with Crippen molar-refractivity contribution >= 4 is 35.0 Å². The summed E-state index contributed by atoms with van der Waals surface area (Å²) >= 11 is 1.44. The van der Waals surface area contributed by atoms with Gasteiger partial charge in [0.25, 0.3) is 5.91 Å². The molecule has 6 rings (SSSR count). The summed E-state index contributed by atoms with van der Waals surface area (Å²) in [5, 5.41) is 0. The number of hydrogen-bond acceptors (Lipinski definition) is 4. The zero-order valence-corrected chi connectivity index (χ0v) is 21.2. The number of rotatable bonds is 3. The molecule has 3 aromatic carbocycles. The van der Waals surface area contributed by atoms with E-state index in [-0.39, 0.29) is 23.1 Å². The lowest BCUT2D eigenvalue weighted by Gasteiger charge is -2.44. The number of hydrogen-bond donors (Lipinski definition) is 0. The molecule has 1 fully saturated rings. The molecule has 0 bridgehead atoms. The van der Waals surface area contributed by atoms with Crippen LogP contribution in [0.4, 0.5) is 11.4 Å². The second-order valence-electron chi connectivity index (χ2n) is 10.4. The fraction of sp³-hybridized carbons (Fsp3) is 0.310. The number of anilines is 2. The molecule has 35 heavy (non-hydrogen) atoms. The van der Waals surface area contributed by atoms with Crippen molar-refractivity contribution in [1.29, 1.82) is 0 Å². The first kappa shape index (κ1) is 22.2. The summed E-state index contributed by atoms with van der Waals surface area (Å²) in [4.78, 5) is 30.3. The number of ether oxygens (including phenoxy) is 1. The molecule has 5 nitrogen and oxygen atoms in total. The van der Waals surface area contributed by atoms with Crippen LogP contribution >= 0.6 is 11.8 Å². The molecule has 1 spiro atoms. The van der Waals surface area contributed by atoms with Gasteiger partial charge in [-0.1, -0.05) is 42.8 Å². The maximum Gasteiger partial charge on any atom is 0.269 e. The van der Waals surface area contributed by atoms with Crippen molar-refractivity contribution in [3.05, 3.63) is 83.4 Å². The first-order valence-corrected chi connectivity index (χ1v) is 13.0. The quantitative estimate of drug-likeness (QED) is 0.435. The Morgan fingerprint density at radius 2 is 1.63 bits per heavy atom. The predicted octanol–water partition coefficient (Wildman–Crippen LogP) is 6.35. The van der Waals surface area contributed by atoms with Crippen LogP contribution in [0.25, 0.3) is 0 Å². The van der Waals surface area contributed by atoms with Crippen molar-refractivity contribution < 1.29 is 14.3 Å². The van der Waals surface area contributed by atoms with Gasteiger partial charge in [0, 0.05) is 16.8 Å². The van der Waals surface area contributed by atoms with E-state index in [1.54, 1.807) is 4.90 Å². The number of nitrogens with zero attached hydrogens (tertiary/aromatic N) is 2. The van der Waals surface area contributed by atoms with Crippen LogP contribution < -0.4 is 14.5 Å². The Bertz CT molecular complexity index is 1350. The van der Waals surface area contributed by atoms with Crippen molar-refractivity contribution in [3.8, 4) is 11.5 Å². The maximum absolute atomic E-state index is 14.4. The third-order valence-corrected chi connectivity index (χ3v) is 8.74. The number of benzene rings is 3. The van der Waals surface area contributed by atoms with Crippen LogP contribution in [-0.4, -0.2) is 23.1 Å². The molecule has 1 saturated heterocycles.